The lowest BCUT2D eigenvalue weighted by Crippen LogP contribution is -2.15. The van der Waals surface area contributed by atoms with Gasteiger partial charge in [-0.2, -0.15) is 0 Å². The zero-order valence-corrected chi connectivity index (χ0v) is 6.63. The molecule has 0 radical (unpaired) electrons. The molecule has 1 heteroatoms. The van der Waals surface area contributed by atoms with Gasteiger partial charge in [-0.3, -0.25) is 4.79 Å². The van der Waals surface area contributed by atoms with Crippen molar-refractivity contribution in [2.75, 3.05) is 0 Å². The van der Waals surface area contributed by atoms with Gasteiger partial charge >= 0.3 is 0 Å². The molecule has 0 spiro atoms. The molecular formula is C9H14O. The smallest absolute Gasteiger partial charge is 0.136 e. The van der Waals surface area contributed by atoms with Crippen LogP contribution in [0.3, 0.4) is 0 Å². The highest BCUT2D eigenvalue weighted by atomic mass is 16.1. The van der Waals surface area contributed by atoms with Crippen molar-refractivity contribution in [3.8, 4) is 0 Å². The first kappa shape index (κ1) is 7.52. The van der Waals surface area contributed by atoms with Gasteiger partial charge in [-0.1, -0.05) is 19.1 Å². The van der Waals surface area contributed by atoms with Crippen molar-refractivity contribution in [2.45, 2.75) is 26.7 Å². The Kier molecular flexibility index (Phi) is 2.25. The van der Waals surface area contributed by atoms with Crippen molar-refractivity contribution in [1.29, 1.82) is 0 Å². The van der Waals surface area contributed by atoms with Crippen LogP contribution in [0, 0.1) is 11.8 Å². The third-order valence-corrected chi connectivity index (χ3v) is 2.09. The van der Waals surface area contributed by atoms with E-state index in [4.69, 9.17) is 0 Å². The van der Waals surface area contributed by atoms with Crippen LogP contribution in [-0.2, 0) is 4.79 Å². The molecular weight excluding hydrogens is 124 g/mol. The van der Waals surface area contributed by atoms with Gasteiger partial charge in [-0.05, 0) is 25.7 Å². The minimum absolute atomic E-state index is 0.212. The first-order valence-electron chi connectivity index (χ1n) is 3.87. The van der Waals surface area contributed by atoms with E-state index < -0.39 is 0 Å². The summed E-state index contributed by atoms with van der Waals surface area (Å²) in [6, 6.07) is 0. The average Bonchev–Trinajstić information content (AvgIpc) is 1.88. The molecule has 0 aromatic heterocycles. The molecule has 1 nitrogen and oxygen atoms in total. The number of hydrogen-bond donors (Lipinski definition) is 0. The maximum atomic E-state index is 10.9. The standard InChI is InChI=1S/C9H14O/c1-7-4-3-5-9(6-7)8(2)10/h3,5,7,9H,4,6H2,1-2H3/t7-,9-/m0/s1. The van der Waals surface area contributed by atoms with E-state index in [1.54, 1.807) is 6.92 Å². The summed E-state index contributed by atoms with van der Waals surface area (Å²) in [5.74, 6) is 1.21. The highest BCUT2D eigenvalue weighted by Gasteiger charge is 2.17. The number of allylic oxidation sites excluding steroid dienone is 2. The van der Waals surface area contributed by atoms with E-state index in [-0.39, 0.29) is 5.92 Å². The van der Waals surface area contributed by atoms with Gasteiger partial charge in [0.1, 0.15) is 5.78 Å². The lowest BCUT2D eigenvalue weighted by molar-refractivity contribution is -0.119. The summed E-state index contributed by atoms with van der Waals surface area (Å²) in [5.41, 5.74) is 0. The summed E-state index contributed by atoms with van der Waals surface area (Å²) in [7, 11) is 0. The predicted molar refractivity (Wildman–Crippen MR) is 41.7 cm³/mol. The van der Waals surface area contributed by atoms with E-state index in [1.807, 2.05) is 6.08 Å². The van der Waals surface area contributed by atoms with E-state index in [0.29, 0.717) is 11.7 Å². The van der Waals surface area contributed by atoms with Crippen molar-refractivity contribution < 1.29 is 4.79 Å². The quantitative estimate of drug-likeness (QED) is 0.507. The summed E-state index contributed by atoms with van der Waals surface area (Å²) >= 11 is 0. The highest BCUT2D eigenvalue weighted by Crippen LogP contribution is 2.22. The van der Waals surface area contributed by atoms with E-state index in [2.05, 4.69) is 13.0 Å². The Labute approximate surface area is 62.1 Å². The molecule has 10 heavy (non-hydrogen) atoms. The van der Waals surface area contributed by atoms with Crippen LogP contribution >= 0.6 is 0 Å². The minimum atomic E-state index is 0.212. The van der Waals surface area contributed by atoms with Gasteiger partial charge < -0.3 is 0 Å². The third kappa shape index (κ3) is 1.69. The molecule has 0 aromatic rings. The maximum absolute atomic E-state index is 10.9. The molecule has 1 aliphatic rings. The lowest BCUT2D eigenvalue weighted by Gasteiger charge is -2.18. The molecule has 0 unspecified atom stereocenters. The first-order chi connectivity index (χ1) is 4.70. The average molecular weight is 138 g/mol. The van der Waals surface area contributed by atoms with Crippen LogP contribution in [0.4, 0.5) is 0 Å². The molecule has 2 atom stereocenters. The molecule has 56 valence electrons. The van der Waals surface area contributed by atoms with Gasteiger partial charge in [0, 0.05) is 5.92 Å². The van der Waals surface area contributed by atoms with E-state index in [0.717, 1.165) is 12.8 Å². The number of rotatable bonds is 1. The van der Waals surface area contributed by atoms with Gasteiger partial charge in [0.25, 0.3) is 0 Å². The number of carbonyl (C=O) groups is 1. The summed E-state index contributed by atoms with van der Waals surface area (Å²) in [6.45, 7) is 3.87. The van der Waals surface area contributed by atoms with Gasteiger partial charge in [-0.15, -0.1) is 0 Å². The molecule has 0 amide bonds. The maximum Gasteiger partial charge on any atom is 0.136 e. The predicted octanol–water partition coefficient (Wildman–Crippen LogP) is 2.18. The summed E-state index contributed by atoms with van der Waals surface area (Å²) < 4.78 is 0. The first-order valence-corrected chi connectivity index (χ1v) is 3.87. The van der Waals surface area contributed by atoms with Crippen LogP contribution in [0.25, 0.3) is 0 Å². The van der Waals surface area contributed by atoms with Crippen molar-refractivity contribution >= 4 is 5.78 Å². The summed E-state index contributed by atoms with van der Waals surface area (Å²) in [6.07, 6.45) is 6.36. The molecule has 0 aromatic carbocycles. The van der Waals surface area contributed by atoms with E-state index >= 15 is 0 Å². The largest absolute Gasteiger partial charge is 0.299 e. The summed E-state index contributed by atoms with van der Waals surface area (Å²) in [5, 5.41) is 0. The monoisotopic (exact) mass is 138 g/mol. The Balaban J connectivity index is 2.55. The Bertz CT molecular complexity index is 158. The van der Waals surface area contributed by atoms with Crippen molar-refractivity contribution in [2.24, 2.45) is 11.8 Å². The number of ketones is 1. The van der Waals surface area contributed by atoms with Gasteiger partial charge in [0.05, 0.1) is 0 Å². The SMILES string of the molecule is CC(=O)[C@H]1C=CC[C@H](C)C1. The van der Waals surface area contributed by atoms with Gasteiger partial charge in [0.15, 0.2) is 0 Å². The zero-order valence-electron chi connectivity index (χ0n) is 6.63. The molecule has 0 fully saturated rings. The van der Waals surface area contributed by atoms with Gasteiger partial charge in [-0.25, -0.2) is 0 Å². The molecule has 0 aliphatic heterocycles. The minimum Gasteiger partial charge on any atom is -0.299 e. The molecule has 0 N–H and O–H groups in total. The molecule has 1 aliphatic carbocycles. The van der Waals surface area contributed by atoms with Crippen molar-refractivity contribution in [3.63, 3.8) is 0 Å². The van der Waals surface area contributed by atoms with Crippen LogP contribution in [0.2, 0.25) is 0 Å². The van der Waals surface area contributed by atoms with Crippen molar-refractivity contribution in [1.82, 2.24) is 0 Å². The normalized spacial score (nSPS) is 32.2. The molecule has 0 saturated heterocycles. The Morgan fingerprint density at radius 2 is 2.30 bits per heavy atom. The van der Waals surface area contributed by atoms with Gasteiger partial charge in [0.2, 0.25) is 0 Å². The third-order valence-electron chi connectivity index (χ3n) is 2.09. The fourth-order valence-corrected chi connectivity index (χ4v) is 1.38. The van der Waals surface area contributed by atoms with Crippen molar-refractivity contribution in [3.05, 3.63) is 12.2 Å². The van der Waals surface area contributed by atoms with Crippen LogP contribution < -0.4 is 0 Å². The Morgan fingerprint density at radius 1 is 1.60 bits per heavy atom. The topological polar surface area (TPSA) is 17.1 Å². The van der Waals surface area contributed by atoms with Crippen LogP contribution in [0.15, 0.2) is 12.2 Å². The lowest BCUT2D eigenvalue weighted by atomic mass is 9.86. The second kappa shape index (κ2) is 3.00. The van der Waals surface area contributed by atoms with E-state index in [1.165, 1.54) is 0 Å². The Morgan fingerprint density at radius 3 is 2.70 bits per heavy atom. The van der Waals surface area contributed by atoms with Crippen LogP contribution in [0.1, 0.15) is 26.7 Å². The molecule has 0 bridgehead atoms. The number of hydrogen-bond acceptors (Lipinski definition) is 1. The van der Waals surface area contributed by atoms with Crippen LogP contribution in [-0.4, -0.2) is 5.78 Å². The number of Topliss-reactive ketones (excluding diaryl/α,β-unsaturated/α-hetero) is 1. The second-order valence-electron chi connectivity index (χ2n) is 3.22. The highest BCUT2D eigenvalue weighted by molar-refractivity contribution is 5.80. The summed E-state index contributed by atoms with van der Waals surface area (Å²) in [4.78, 5) is 10.9. The number of carbonyl (C=O) groups excluding carboxylic acids is 1. The molecule has 1 rings (SSSR count). The fraction of sp³-hybridized carbons (Fsp3) is 0.667. The van der Waals surface area contributed by atoms with Crippen LogP contribution in [0.5, 0.6) is 0 Å². The Hall–Kier alpha value is -0.590. The molecule has 0 heterocycles. The fourth-order valence-electron chi connectivity index (χ4n) is 1.38. The zero-order chi connectivity index (χ0) is 7.56. The van der Waals surface area contributed by atoms with E-state index in [9.17, 15) is 4.79 Å². The molecule has 0 saturated carbocycles. The second-order valence-corrected chi connectivity index (χ2v) is 3.22.